The third kappa shape index (κ3) is 6.82. The molecule has 4 rings (SSSR count). The van der Waals surface area contributed by atoms with Crippen molar-refractivity contribution in [2.75, 3.05) is 24.5 Å². The monoisotopic (exact) mass is 605 g/mol. The first-order valence-electron chi connectivity index (χ1n) is 13.3. The van der Waals surface area contributed by atoms with Crippen molar-refractivity contribution >= 4 is 21.6 Å². The van der Waals surface area contributed by atoms with E-state index in [-0.39, 0.29) is 46.7 Å². The number of carbonyl (C=O) groups excluding carboxylic acids is 1. The van der Waals surface area contributed by atoms with Crippen LogP contribution >= 0.6 is 0 Å². The number of imidazole rings is 1. The molecule has 2 atom stereocenters. The average molecular weight is 606 g/mol. The van der Waals surface area contributed by atoms with Crippen molar-refractivity contribution in [2.45, 2.75) is 48.3 Å². The van der Waals surface area contributed by atoms with Crippen LogP contribution in [0, 0.1) is 5.92 Å². The number of hydrogen-bond acceptors (Lipinski definition) is 11. The average Bonchev–Trinajstić information content (AvgIpc) is 3.69. The summed E-state index contributed by atoms with van der Waals surface area (Å²) in [5.74, 6) is -1.53. The zero-order valence-electron chi connectivity index (χ0n) is 22.9. The van der Waals surface area contributed by atoms with E-state index in [9.17, 15) is 38.4 Å². The van der Waals surface area contributed by atoms with Crippen LogP contribution in [-0.2, 0) is 21.9 Å². The SMILES string of the molecule is Cn1ccnc1S(=O)(=O)Nc1cccc(C(c2c(O)cc(C(N)CCC(=O)NC(CO)(CO)CO)oc2=O)C2CC2)c1. The van der Waals surface area contributed by atoms with Gasteiger partial charge in [-0.1, -0.05) is 12.1 Å². The first kappa shape index (κ1) is 31.2. The van der Waals surface area contributed by atoms with Crippen molar-refractivity contribution in [2.24, 2.45) is 18.7 Å². The number of amides is 1. The maximum atomic E-state index is 13.2. The number of nitrogens with zero attached hydrogens (tertiary/aromatic N) is 2. The Bertz CT molecular complexity index is 1570. The fourth-order valence-electron chi connectivity index (χ4n) is 4.74. The van der Waals surface area contributed by atoms with Crippen LogP contribution in [0.15, 0.2) is 57.1 Å². The van der Waals surface area contributed by atoms with Crippen molar-refractivity contribution in [3.8, 4) is 5.75 Å². The van der Waals surface area contributed by atoms with E-state index in [4.69, 9.17) is 10.2 Å². The number of rotatable bonds is 14. The van der Waals surface area contributed by atoms with Crippen LogP contribution in [0.2, 0.25) is 0 Å². The largest absolute Gasteiger partial charge is 0.507 e. The number of aryl methyl sites for hydroxylation is 1. The molecule has 1 aliphatic carbocycles. The predicted molar refractivity (Wildman–Crippen MR) is 150 cm³/mol. The van der Waals surface area contributed by atoms with Crippen molar-refractivity contribution in [3.63, 3.8) is 0 Å². The summed E-state index contributed by atoms with van der Waals surface area (Å²) in [6.45, 7) is -2.03. The maximum absolute atomic E-state index is 13.2. The first-order chi connectivity index (χ1) is 19.9. The standard InChI is InChI=1S/C27H35N5O9S/c1-32-10-9-29-26(32)42(39,40)31-18-4-2-3-17(11-18)23(16-5-6-16)24-20(36)12-21(41-25(24)38)19(28)7-8-22(37)30-27(13-33,14-34)15-35/h2-4,9-12,16,19,23,31,33-36H,5-8,13-15,28H2,1H3,(H,30,37). The number of sulfonamides is 1. The molecule has 2 aromatic heterocycles. The third-order valence-electron chi connectivity index (χ3n) is 7.27. The van der Waals surface area contributed by atoms with Crippen molar-refractivity contribution < 1.29 is 38.1 Å². The molecule has 3 aromatic rings. The molecule has 1 amide bonds. The summed E-state index contributed by atoms with van der Waals surface area (Å²) in [4.78, 5) is 29.4. The molecule has 15 heteroatoms. The minimum Gasteiger partial charge on any atom is -0.507 e. The molecule has 0 radical (unpaired) electrons. The van der Waals surface area contributed by atoms with E-state index in [1.54, 1.807) is 31.3 Å². The van der Waals surface area contributed by atoms with E-state index >= 15 is 0 Å². The fourth-order valence-corrected chi connectivity index (χ4v) is 5.91. The second-order valence-electron chi connectivity index (χ2n) is 10.5. The van der Waals surface area contributed by atoms with Crippen LogP contribution in [0.4, 0.5) is 5.69 Å². The lowest BCUT2D eigenvalue weighted by Gasteiger charge is -2.28. The summed E-state index contributed by atoms with van der Waals surface area (Å²) in [7, 11) is -2.42. The van der Waals surface area contributed by atoms with Crippen LogP contribution in [-0.4, -0.2) is 69.7 Å². The van der Waals surface area contributed by atoms with Gasteiger partial charge in [-0.2, -0.15) is 8.42 Å². The number of benzene rings is 1. The van der Waals surface area contributed by atoms with E-state index in [1.807, 2.05) is 0 Å². The van der Waals surface area contributed by atoms with Crippen molar-refractivity contribution in [1.82, 2.24) is 14.9 Å². The second-order valence-corrected chi connectivity index (χ2v) is 12.1. The summed E-state index contributed by atoms with van der Waals surface area (Å²) in [6.07, 6.45) is 4.28. The van der Waals surface area contributed by atoms with Gasteiger partial charge >= 0.3 is 5.63 Å². The van der Waals surface area contributed by atoms with Crippen molar-refractivity contribution in [1.29, 1.82) is 0 Å². The molecule has 0 spiro atoms. The van der Waals surface area contributed by atoms with Gasteiger partial charge in [0.15, 0.2) is 0 Å². The highest BCUT2D eigenvalue weighted by Gasteiger charge is 2.38. The molecule has 1 saturated carbocycles. The summed E-state index contributed by atoms with van der Waals surface area (Å²) in [6, 6.07) is 6.85. The number of nitrogens with one attached hydrogen (secondary N) is 2. The zero-order valence-corrected chi connectivity index (χ0v) is 23.7. The highest BCUT2D eigenvalue weighted by molar-refractivity contribution is 7.92. The Morgan fingerprint density at radius 3 is 2.48 bits per heavy atom. The molecule has 14 nitrogen and oxygen atoms in total. The Morgan fingerprint density at radius 1 is 1.21 bits per heavy atom. The fraction of sp³-hybridized carbons (Fsp3) is 0.444. The normalized spacial score (nSPS) is 15.3. The van der Waals surface area contributed by atoms with Crippen LogP contribution < -0.4 is 21.4 Å². The quantitative estimate of drug-likeness (QED) is 0.130. The number of hydrogen-bond donors (Lipinski definition) is 7. The van der Waals surface area contributed by atoms with Gasteiger partial charge in [-0.15, -0.1) is 0 Å². The lowest BCUT2D eigenvalue weighted by atomic mass is 9.87. The van der Waals surface area contributed by atoms with Gasteiger partial charge in [0.25, 0.3) is 10.0 Å². The van der Waals surface area contributed by atoms with Gasteiger partial charge in [0.1, 0.15) is 17.0 Å². The lowest BCUT2D eigenvalue weighted by Crippen LogP contribution is -2.57. The van der Waals surface area contributed by atoms with Crippen LogP contribution in [0.5, 0.6) is 5.75 Å². The summed E-state index contributed by atoms with van der Waals surface area (Å²) in [5.41, 5.74) is 4.64. The van der Waals surface area contributed by atoms with E-state index in [0.717, 1.165) is 12.8 Å². The predicted octanol–water partition coefficient (Wildman–Crippen LogP) is 0.0335. The first-order valence-corrected chi connectivity index (χ1v) is 14.8. The molecule has 0 saturated heterocycles. The summed E-state index contributed by atoms with van der Waals surface area (Å²) in [5, 5.41) is 41.3. The number of aromatic hydroxyl groups is 1. The molecule has 42 heavy (non-hydrogen) atoms. The summed E-state index contributed by atoms with van der Waals surface area (Å²) >= 11 is 0. The van der Waals surface area contributed by atoms with Gasteiger partial charge in [0, 0.05) is 43.5 Å². The molecule has 0 aliphatic heterocycles. The molecule has 2 heterocycles. The number of aromatic nitrogens is 2. The van der Waals surface area contributed by atoms with Crippen LogP contribution in [0.25, 0.3) is 0 Å². The van der Waals surface area contributed by atoms with Crippen LogP contribution in [0.3, 0.4) is 0 Å². The Morgan fingerprint density at radius 2 is 1.90 bits per heavy atom. The second kappa shape index (κ2) is 12.6. The molecule has 2 unspecified atom stereocenters. The number of anilines is 1. The number of aliphatic hydroxyl groups is 3. The minimum atomic E-state index is -3.98. The molecule has 1 aliphatic rings. The lowest BCUT2D eigenvalue weighted by molar-refractivity contribution is -0.125. The van der Waals surface area contributed by atoms with Crippen molar-refractivity contribution in [3.05, 3.63) is 70.0 Å². The number of nitrogens with two attached hydrogens (primary N) is 1. The Balaban J connectivity index is 1.53. The molecule has 1 fully saturated rings. The molecule has 228 valence electrons. The molecular formula is C27H35N5O9S. The number of carbonyl (C=O) groups is 1. The molecule has 8 N–H and O–H groups in total. The maximum Gasteiger partial charge on any atom is 0.343 e. The molecular weight excluding hydrogens is 570 g/mol. The van der Waals surface area contributed by atoms with Gasteiger partial charge in [0.2, 0.25) is 11.1 Å². The zero-order chi connectivity index (χ0) is 30.7. The third-order valence-corrected chi connectivity index (χ3v) is 8.64. The highest BCUT2D eigenvalue weighted by Crippen LogP contribution is 2.48. The Hall–Kier alpha value is -3.76. The van der Waals surface area contributed by atoms with E-state index in [2.05, 4.69) is 15.0 Å². The van der Waals surface area contributed by atoms with Gasteiger partial charge in [-0.3, -0.25) is 9.52 Å². The smallest absolute Gasteiger partial charge is 0.343 e. The minimum absolute atomic E-state index is 0.00380. The number of aliphatic hydroxyl groups excluding tert-OH is 3. The summed E-state index contributed by atoms with van der Waals surface area (Å²) < 4.78 is 35.0. The van der Waals surface area contributed by atoms with E-state index in [0.29, 0.717) is 5.56 Å². The molecule has 1 aromatic carbocycles. The Kier molecular flexibility index (Phi) is 9.37. The van der Waals surface area contributed by atoms with E-state index < -0.39 is 58.9 Å². The van der Waals surface area contributed by atoms with Gasteiger partial charge in [0.05, 0.1) is 31.4 Å². The highest BCUT2D eigenvalue weighted by atomic mass is 32.2. The van der Waals surface area contributed by atoms with Gasteiger partial charge in [-0.25, -0.2) is 9.78 Å². The van der Waals surface area contributed by atoms with Gasteiger partial charge in [-0.05, 0) is 42.9 Å². The van der Waals surface area contributed by atoms with Crippen LogP contribution in [0.1, 0.15) is 54.5 Å². The molecule has 0 bridgehead atoms. The Labute approximate surface area is 241 Å². The van der Waals surface area contributed by atoms with E-state index in [1.165, 1.54) is 23.0 Å². The topological polar surface area (TPSA) is 230 Å². The van der Waals surface area contributed by atoms with Gasteiger partial charge < -0.3 is 40.5 Å².